The summed E-state index contributed by atoms with van der Waals surface area (Å²) in [6.07, 6.45) is 3.56. The molecular formula is C9H20OS. The second-order valence-electron chi connectivity index (χ2n) is 2.82. The van der Waals surface area contributed by atoms with Gasteiger partial charge in [0.2, 0.25) is 0 Å². The van der Waals surface area contributed by atoms with Crippen molar-refractivity contribution >= 4 is 11.8 Å². The van der Waals surface area contributed by atoms with Crippen molar-refractivity contribution in [3.05, 3.63) is 0 Å². The van der Waals surface area contributed by atoms with E-state index in [9.17, 15) is 0 Å². The van der Waals surface area contributed by atoms with Gasteiger partial charge in [0.05, 0.1) is 0 Å². The number of thioether (sulfide) groups is 1. The van der Waals surface area contributed by atoms with E-state index in [2.05, 4.69) is 13.8 Å². The van der Waals surface area contributed by atoms with Crippen molar-refractivity contribution in [3.63, 3.8) is 0 Å². The molecule has 0 rings (SSSR count). The van der Waals surface area contributed by atoms with Crippen LogP contribution in [0.1, 0.15) is 33.1 Å². The molecule has 2 heteroatoms. The molecule has 1 unspecified atom stereocenters. The van der Waals surface area contributed by atoms with Crippen LogP contribution in [0.3, 0.4) is 0 Å². The summed E-state index contributed by atoms with van der Waals surface area (Å²) in [6.45, 7) is 4.73. The van der Waals surface area contributed by atoms with Gasteiger partial charge in [0.15, 0.2) is 0 Å². The minimum Gasteiger partial charge on any atom is -0.396 e. The zero-order valence-electron chi connectivity index (χ0n) is 7.68. The highest BCUT2D eigenvalue weighted by Crippen LogP contribution is 2.13. The lowest BCUT2D eigenvalue weighted by atomic mass is 10.0. The van der Waals surface area contributed by atoms with Crippen molar-refractivity contribution in [2.24, 2.45) is 5.92 Å². The van der Waals surface area contributed by atoms with Crippen LogP contribution in [-0.4, -0.2) is 23.2 Å². The molecule has 0 fully saturated rings. The molecule has 1 nitrogen and oxygen atoms in total. The van der Waals surface area contributed by atoms with E-state index in [0.29, 0.717) is 12.5 Å². The van der Waals surface area contributed by atoms with E-state index in [0.717, 1.165) is 0 Å². The van der Waals surface area contributed by atoms with Gasteiger partial charge in [-0.3, -0.25) is 0 Å². The van der Waals surface area contributed by atoms with Crippen LogP contribution < -0.4 is 0 Å². The monoisotopic (exact) mass is 176 g/mol. The predicted molar refractivity (Wildman–Crippen MR) is 53.1 cm³/mol. The first-order chi connectivity index (χ1) is 5.35. The Morgan fingerprint density at radius 1 is 1.27 bits per heavy atom. The molecule has 1 atom stereocenters. The van der Waals surface area contributed by atoms with Gasteiger partial charge in [-0.15, -0.1) is 0 Å². The summed E-state index contributed by atoms with van der Waals surface area (Å²) in [6, 6.07) is 0. The number of hydrogen-bond donors (Lipinski definition) is 1. The van der Waals surface area contributed by atoms with Crippen LogP contribution in [0.4, 0.5) is 0 Å². The smallest absolute Gasteiger partial charge is 0.0459 e. The first-order valence-electron chi connectivity index (χ1n) is 4.53. The van der Waals surface area contributed by atoms with Gasteiger partial charge in [-0.25, -0.2) is 0 Å². The van der Waals surface area contributed by atoms with E-state index in [1.54, 1.807) is 0 Å². The molecule has 0 amide bonds. The average molecular weight is 176 g/mol. The van der Waals surface area contributed by atoms with E-state index in [1.165, 1.54) is 30.8 Å². The summed E-state index contributed by atoms with van der Waals surface area (Å²) < 4.78 is 0. The molecule has 0 heterocycles. The Morgan fingerprint density at radius 3 is 2.45 bits per heavy atom. The van der Waals surface area contributed by atoms with Crippen LogP contribution in [0.2, 0.25) is 0 Å². The lowest BCUT2D eigenvalue weighted by molar-refractivity contribution is 0.215. The van der Waals surface area contributed by atoms with Crippen LogP contribution >= 0.6 is 11.8 Å². The van der Waals surface area contributed by atoms with Gasteiger partial charge in [-0.05, 0) is 30.3 Å². The Kier molecular flexibility index (Phi) is 8.64. The maximum absolute atomic E-state index is 8.95. The molecule has 0 aromatic heterocycles. The quantitative estimate of drug-likeness (QED) is 0.602. The summed E-state index contributed by atoms with van der Waals surface area (Å²) in [7, 11) is 0. The fraction of sp³-hybridized carbons (Fsp3) is 1.00. The molecule has 0 aliphatic carbocycles. The molecule has 0 saturated heterocycles. The predicted octanol–water partition coefficient (Wildman–Crippen LogP) is 2.54. The summed E-state index contributed by atoms with van der Waals surface area (Å²) in [5.74, 6) is 2.96. The van der Waals surface area contributed by atoms with Crippen LogP contribution in [0, 0.1) is 5.92 Å². The van der Waals surface area contributed by atoms with E-state index in [1.807, 2.05) is 11.8 Å². The molecule has 0 aliphatic rings. The Morgan fingerprint density at radius 2 is 2.00 bits per heavy atom. The van der Waals surface area contributed by atoms with Crippen molar-refractivity contribution in [3.8, 4) is 0 Å². The summed E-state index contributed by atoms with van der Waals surface area (Å²) >= 11 is 1.97. The summed E-state index contributed by atoms with van der Waals surface area (Å²) in [5, 5.41) is 8.95. The van der Waals surface area contributed by atoms with Crippen molar-refractivity contribution in [2.45, 2.75) is 33.1 Å². The molecule has 0 aromatic carbocycles. The first kappa shape index (κ1) is 11.3. The molecular weight excluding hydrogens is 156 g/mol. The Bertz CT molecular complexity index is 76.0. The first-order valence-corrected chi connectivity index (χ1v) is 5.69. The van der Waals surface area contributed by atoms with Gasteiger partial charge in [-0.1, -0.05) is 20.3 Å². The molecule has 0 saturated carbocycles. The highest BCUT2D eigenvalue weighted by Gasteiger charge is 2.04. The van der Waals surface area contributed by atoms with Gasteiger partial charge in [0.25, 0.3) is 0 Å². The van der Waals surface area contributed by atoms with Crippen molar-refractivity contribution in [2.75, 3.05) is 18.1 Å². The van der Waals surface area contributed by atoms with Gasteiger partial charge < -0.3 is 5.11 Å². The lowest BCUT2D eigenvalue weighted by Gasteiger charge is -2.11. The minimum atomic E-state index is 0.373. The van der Waals surface area contributed by atoms with Gasteiger partial charge in [0, 0.05) is 6.61 Å². The molecule has 0 radical (unpaired) electrons. The highest BCUT2D eigenvalue weighted by atomic mass is 32.2. The Balaban J connectivity index is 3.20. The molecule has 0 bridgehead atoms. The van der Waals surface area contributed by atoms with Crippen molar-refractivity contribution < 1.29 is 5.11 Å². The number of rotatable bonds is 7. The minimum absolute atomic E-state index is 0.373. The number of hydrogen-bond acceptors (Lipinski definition) is 2. The second kappa shape index (κ2) is 8.41. The zero-order chi connectivity index (χ0) is 8.53. The van der Waals surface area contributed by atoms with Crippen molar-refractivity contribution in [1.29, 1.82) is 0 Å². The highest BCUT2D eigenvalue weighted by molar-refractivity contribution is 7.99. The molecule has 68 valence electrons. The van der Waals surface area contributed by atoms with Crippen LogP contribution in [-0.2, 0) is 0 Å². The second-order valence-corrected chi connectivity index (χ2v) is 4.22. The van der Waals surface area contributed by atoms with Gasteiger partial charge in [-0.2, -0.15) is 11.8 Å². The van der Waals surface area contributed by atoms with E-state index in [4.69, 9.17) is 5.11 Å². The fourth-order valence-electron chi connectivity index (χ4n) is 1.13. The van der Waals surface area contributed by atoms with Crippen LogP contribution in [0.25, 0.3) is 0 Å². The third-order valence-corrected chi connectivity index (χ3v) is 2.76. The van der Waals surface area contributed by atoms with E-state index < -0.39 is 0 Å². The maximum atomic E-state index is 8.95. The van der Waals surface area contributed by atoms with Crippen molar-refractivity contribution in [1.82, 2.24) is 0 Å². The van der Waals surface area contributed by atoms with Crippen LogP contribution in [0.5, 0.6) is 0 Å². The largest absolute Gasteiger partial charge is 0.396 e. The maximum Gasteiger partial charge on any atom is 0.0459 e. The van der Waals surface area contributed by atoms with E-state index >= 15 is 0 Å². The lowest BCUT2D eigenvalue weighted by Crippen LogP contribution is -2.06. The third-order valence-electron chi connectivity index (χ3n) is 1.83. The van der Waals surface area contributed by atoms with Gasteiger partial charge >= 0.3 is 0 Å². The Labute approximate surface area is 74.6 Å². The number of aliphatic hydroxyl groups excluding tert-OH is 1. The average Bonchev–Trinajstić information content (AvgIpc) is 2.03. The molecule has 11 heavy (non-hydrogen) atoms. The summed E-state index contributed by atoms with van der Waals surface area (Å²) in [4.78, 5) is 0. The molecule has 0 aliphatic heterocycles. The number of aliphatic hydroxyl groups is 1. The van der Waals surface area contributed by atoms with E-state index in [-0.39, 0.29) is 0 Å². The topological polar surface area (TPSA) is 20.2 Å². The molecule has 1 N–H and O–H groups in total. The summed E-state index contributed by atoms with van der Waals surface area (Å²) in [5.41, 5.74) is 0. The molecule has 0 spiro atoms. The third kappa shape index (κ3) is 6.70. The standard InChI is InChI=1S/C9H20OS/c1-3-5-9(8-10)6-7-11-4-2/h9-10H,3-8H2,1-2H3. The normalized spacial score (nSPS) is 13.4. The Hall–Kier alpha value is 0.310. The zero-order valence-corrected chi connectivity index (χ0v) is 8.49. The molecule has 0 aromatic rings. The van der Waals surface area contributed by atoms with Gasteiger partial charge in [0.1, 0.15) is 0 Å². The SMILES string of the molecule is CCCC(CO)CCSCC. The fourth-order valence-corrected chi connectivity index (χ4v) is 1.92. The van der Waals surface area contributed by atoms with Crippen LogP contribution in [0.15, 0.2) is 0 Å².